The van der Waals surface area contributed by atoms with E-state index in [1.807, 2.05) is 0 Å². The van der Waals surface area contributed by atoms with Gasteiger partial charge >= 0.3 is 5.97 Å². The molecule has 1 fully saturated rings. The first-order valence-corrected chi connectivity index (χ1v) is 7.54. The second-order valence-electron chi connectivity index (χ2n) is 5.51. The van der Waals surface area contributed by atoms with Gasteiger partial charge < -0.3 is 9.84 Å². The van der Waals surface area contributed by atoms with Gasteiger partial charge in [0.05, 0.1) is 6.10 Å². The van der Waals surface area contributed by atoms with Crippen molar-refractivity contribution < 1.29 is 14.6 Å². The molecule has 2 atom stereocenters. The van der Waals surface area contributed by atoms with Crippen molar-refractivity contribution in [3.63, 3.8) is 0 Å². The van der Waals surface area contributed by atoms with Gasteiger partial charge in [0.25, 0.3) is 0 Å². The number of ether oxygens (including phenoxy) is 1. The van der Waals surface area contributed by atoms with Crippen molar-refractivity contribution in [3.05, 3.63) is 0 Å². The molecule has 0 aromatic rings. The number of hydrogen-bond acceptors (Lipinski definition) is 3. The van der Waals surface area contributed by atoms with Crippen molar-refractivity contribution in [2.45, 2.75) is 89.8 Å². The molecule has 0 amide bonds. The molecule has 1 saturated carbocycles. The Bertz CT molecular complexity index is 228. The third kappa shape index (κ3) is 7.70. The number of carbonyl (C=O) groups excluding carboxylic acids is 1. The van der Waals surface area contributed by atoms with Gasteiger partial charge in [0.15, 0.2) is 0 Å². The largest absolute Gasteiger partial charge is 0.463 e. The lowest BCUT2D eigenvalue weighted by Gasteiger charge is -2.16. The van der Waals surface area contributed by atoms with Crippen LogP contribution in [0.15, 0.2) is 0 Å². The van der Waals surface area contributed by atoms with Gasteiger partial charge in [-0.1, -0.05) is 32.1 Å². The molecule has 0 aromatic carbocycles. The first-order valence-electron chi connectivity index (χ1n) is 7.54. The zero-order valence-corrected chi connectivity index (χ0v) is 11.7. The Balaban J connectivity index is 2.33. The van der Waals surface area contributed by atoms with Crippen molar-refractivity contribution in [2.24, 2.45) is 0 Å². The van der Waals surface area contributed by atoms with E-state index >= 15 is 0 Å². The molecule has 0 saturated heterocycles. The maximum atomic E-state index is 11.0. The molecule has 3 heteroatoms. The van der Waals surface area contributed by atoms with Crippen LogP contribution in [0.1, 0.15) is 77.6 Å². The van der Waals surface area contributed by atoms with Crippen LogP contribution in [-0.4, -0.2) is 23.3 Å². The van der Waals surface area contributed by atoms with Gasteiger partial charge in [0.2, 0.25) is 0 Å². The Hall–Kier alpha value is -0.570. The minimum atomic E-state index is -0.153. The van der Waals surface area contributed by atoms with Gasteiger partial charge in [0.1, 0.15) is 6.10 Å². The van der Waals surface area contributed by atoms with Gasteiger partial charge in [0, 0.05) is 6.92 Å². The molecule has 18 heavy (non-hydrogen) atoms. The summed E-state index contributed by atoms with van der Waals surface area (Å²) >= 11 is 0. The summed E-state index contributed by atoms with van der Waals surface area (Å²) < 4.78 is 5.36. The summed E-state index contributed by atoms with van der Waals surface area (Å²) in [4.78, 5) is 11.0. The third-order valence-corrected chi connectivity index (χ3v) is 3.71. The van der Waals surface area contributed by atoms with Crippen LogP contribution in [0, 0.1) is 0 Å². The Kier molecular flexibility index (Phi) is 8.06. The zero-order chi connectivity index (χ0) is 13.2. The predicted molar refractivity (Wildman–Crippen MR) is 72.3 cm³/mol. The summed E-state index contributed by atoms with van der Waals surface area (Å²) in [5, 5.41) is 9.77. The average Bonchev–Trinajstić information content (AvgIpc) is 2.32. The van der Waals surface area contributed by atoms with Gasteiger partial charge in [-0.05, 0) is 38.5 Å². The van der Waals surface area contributed by atoms with Crippen molar-refractivity contribution in [1.29, 1.82) is 0 Å². The SMILES string of the molecule is CC(=O)OC1CCCCCCC(O)CCCCC1. The van der Waals surface area contributed by atoms with E-state index < -0.39 is 0 Å². The number of hydrogen-bond donors (Lipinski definition) is 1. The summed E-state index contributed by atoms with van der Waals surface area (Å²) in [6.07, 6.45) is 11.8. The monoisotopic (exact) mass is 256 g/mol. The topological polar surface area (TPSA) is 46.5 Å². The van der Waals surface area contributed by atoms with Crippen LogP contribution >= 0.6 is 0 Å². The van der Waals surface area contributed by atoms with Crippen molar-refractivity contribution in [2.75, 3.05) is 0 Å². The third-order valence-electron chi connectivity index (χ3n) is 3.71. The molecule has 0 bridgehead atoms. The Morgan fingerprint density at radius 3 is 1.83 bits per heavy atom. The first kappa shape index (κ1) is 15.5. The highest BCUT2D eigenvalue weighted by Crippen LogP contribution is 2.19. The van der Waals surface area contributed by atoms with E-state index in [9.17, 15) is 9.90 Å². The number of esters is 1. The Labute approximate surface area is 111 Å². The fourth-order valence-electron chi connectivity index (χ4n) is 2.68. The van der Waals surface area contributed by atoms with Gasteiger partial charge in [-0.15, -0.1) is 0 Å². The van der Waals surface area contributed by atoms with E-state index in [2.05, 4.69) is 0 Å². The lowest BCUT2D eigenvalue weighted by molar-refractivity contribution is -0.147. The molecule has 0 heterocycles. The standard InChI is InChI=1S/C15H28O3/c1-13(16)18-15-11-7-3-2-5-9-14(17)10-6-4-8-12-15/h14-15,17H,2-12H2,1H3. The number of aliphatic hydroxyl groups excluding tert-OH is 1. The van der Waals surface area contributed by atoms with Gasteiger partial charge in [-0.25, -0.2) is 0 Å². The Morgan fingerprint density at radius 1 is 0.889 bits per heavy atom. The molecule has 106 valence electrons. The highest BCUT2D eigenvalue weighted by molar-refractivity contribution is 5.66. The van der Waals surface area contributed by atoms with Crippen LogP contribution in [-0.2, 0) is 9.53 Å². The van der Waals surface area contributed by atoms with Crippen molar-refractivity contribution >= 4 is 5.97 Å². The molecule has 1 aliphatic rings. The second-order valence-corrected chi connectivity index (χ2v) is 5.51. The number of rotatable bonds is 1. The lowest BCUT2D eigenvalue weighted by atomic mass is 10.0. The molecule has 0 spiro atoms. The lowest BCUT2D eigenvalue weighted by Crippen LogP contribution is -2.16. The van der Waals surface area contributed by atoms with Gasteiger partial charge in [-0.3, -0.25) is 4.79 Å². The van der Waals surface area contributed by atoms with E-state index in [1.165, 1.54) is 19.8 Å². The van der Waals surface area contributed by atoms with Crippen molar-refractivity contribution in [1.82, 2.24) is 0 Å². The normalized spacial score (nSPS) is 28.6. The predicted octanol–water partition coefficient (Wildman–Crippen LogP) is 3.58. The molecule has 2 unspecified atom stereocenters. The number of carbonyl (C=O) groups is 1. The minimum Gasteiger partial charge on any atom is -0.463 e. The molecule has 0 aliphatic heterocycles. The van der Waals surface area contributed by atoms with Crippen LogP contribution in [0.2, 0.25) is 0 Å². The summed E-state index contributed by atoms with van der Waals surface area (Å²) in [7, 11) is 0. The van der Waals surface area contributed by atoms with Crippen LogP contribution < -0.4 is 0 Å². The quantitative estimate of drug-likeness (QED) is 0.729. The summed E-state index contributed by atoms with van der Waals surface area (Å²) in [5.74, 6) is -0.153. The fourth-order valence-corrected chi connectivity index (χ4v) is 2.68. The van der Waals surface area contributed by atoms with E-state index in [0.717, 1.165) is 57.8 Å². The maximum absolute atomic E-state index is 11.0. The highest BCUT2D eigenvalue weighted by atomic mass is 16.5. The summed E-state index contributed by atoms with van der Waals surface area (Å²) in [5.41, 5.74) is 0. The average molecular weight is 256 g/mol. The molecular formula is C15H28O3. The van der Waals surface area contributed by atoms with Crippen LogP contribution in [0.4, 0.5) is 0 Å². The molecule has 0 radical (unpaired) electrons. The molecule has 1 aliphatic carbocycles. The van der Waals surface area contributed by atoms with E-state index in [1.54, 1.807) is 0 Å². The van der Waals surface area contributed by atoms with Crippen LogP contribution in [0.25, 0.3) is 0 Å². The molecule has 0 aromatic heterocycles. The molecule has 1 N–H and O–H groups in total. The van der Waals surface area contributed by atoms with E-state index in [-0.39, 0.29) is 18.2 Å². The molecule has 3 nitrogen and oxygen atoms in total. The molecular weight excluding hydrogens is 228 g/mol. The van der Waals surface area contributed by atoms with E-state index in [0.29, 0.717) is 0 Å². The van der Waals surface area contributed by atoms with E-state index in [4.69, 9.17) is 4.74 Å². The first-order chi connectivity index (χ1) is 8.68. The summed E-state index contributed by atoms with van der Waals surface area (Å²) in [6, 6.07) is 0. The zero-order valence-electron chi connectivity index (χ0n) is 11.7. The smallest absolute Gasteiger partial charge is 0.302 e. The molecule has 1 rings (SSSR count). The maximum Gasteiger partial charge on any atom is 0.302 e. The summed E-state index contributed by atoms with van der Waals surface area (Å²) in [6.45, 7) is 1.50. The fraction of sp³-hybridized carbons (Fsp3) is 0.933. The number of aliphatic hydroxyl groups is 1. The van der Waals surface area contributed by atoms with Crippen LogP contribution in [0.5, 0.6) is 0 Å². The highest BCUT2D eigenvalue weighted by Gasteiger charge is 2.12. The minimum absolute atomic E-state index is 0.102. The van der Waals surface area contributed by atoms with Crippen molar-refractivity contribution in [3.8, 4) is 0 Å². The van der Waals surface area contributed by atoms with Crippen LogP contribution in [0.3, 0.4) is 0 Å². The Morgan fingerprint density at radius 2 is 1.33 bits per heavy atom. The van der Waals surface area contributed by atoms with Gasteiger partial charge in [-0.2, -0.15) is 0 Å². The second kappa shape index (κ2) is 9.37.